The summed E-state index contributed by atoms with van der Waals surface area (Å²) in [5, 5.41) is 35.9. The first kappa shape index (κ1) is 38.5. The maximum absolute atomic E-state index is 9.10. The Morgan fingerprint density at radius 1 is 0.690 bits per heavy atom. The Bertz CT molecular complexity index is 1180. The Balaban J connectivity index is 0.000000296. The third-order valence-corrected chi connectivity index (χ3v) is 7.19. The minimum absolute atomic E-state index is 0.0874. The van der Waals surface area contributed by atoms with Gasteiger partial charge in [0, 0.05) is 48.1 Å². The first-order chi connectivity index (χ1) is 19.1. The van der Waals surface area contributed by atoms with Crippen LogP contribution in [0.3, 0.4) is 0 Å². The minimum atomic E-state index is -1.53. The maximum atomic E-state index is 9.10. The predicted octanol–water partition coefficient (Wildman–Crippen LogP) is 2.66. The van der Waals surface area contributed by atoms with E-state index in [1.165, 1.54) is 12.4 Å². The van der Waals surface area contributed by atoms with Crippen molar-refractivity contribution in [2.24, 2.45) is 0 Å². The van der Waals surface area contributed by atoms with Gasteiger partial charge in [-0.15, -0.1) is 0 Å². The quantitative estimate of drug-likeness (QED) is 0.231. The largest absolute Gasteiger partial charge is 0.498 e. The van der Waals surface area contributed by atoms with Gasteiger partial charge < -0.3 is 29.6 Å². The van der Waals surface area contributed by atoms with E-state index in [4.69, 9.17) is 64.4 Å². The van der Waals surface area contributed by atoms with Crippen molar-refractivity contribution >= 4 is 75.9 Å². The molecule has 4 rings (SSSR count). The zero-order valence-corrected chi connectivity index (χ0v) is 28.3. The summed E-state index contributed by atoms with van der Waals surface area (Å²) in [6.07, 6.45) is 8.93. The van der Waals surface area contributed by atoms with Crippen LogP contribution in [0.4, 0.5) is 0 Å². The fourth-order valence-electron chi connectivity index (χ4n) is 2.18. The van der Waals surface area contributed by atoms with Gasteiger partial charge in [0.15, 0.2) is 0 Å². The Labute approximate surface area is 269 Å². The van der Waals surface area contributed by atoms with Crippen LogP contribution in [0.25, 0.3) is 0 Å². The maximum Gasteiger partial charge on any atom is 0.498 e. The van der Waals surface area contributed by atoms with Gasteiger partial charge >= 0.3 is 14.2 Å². The highest BCUT2D eigenvalue weighted by Gasteiger charge is 2.51. The molecule has 0 radical (unpaired) electrons. The van der Waals surface area contributed by atoms with Crippen LogP contribution >= 0.6 is 50.7 Å². The summed E-state index contributed by atoms with van der Waals surface area (Å²) in [6.45, 7) is 14.3. The molecule has 0 amide bonds. The second-order valence-corrected chi connectivity index (χ2v) is 12.8. The van der Waals surface area contributed by atoms with E-state index >= 15 is 0 Å². The molecule has 18 heteroatoms. The van der Waals surface area contributed by atoms with Crippen LogP contribution in [0.15, 0.2) is 41.7 Å². The molecule has 42 heavy (non-hydrogen) atoms. The van der Waals surface area contributed by atoms with Gasteiger partial charge in [0.1, 0.15) is 0 Å². The number of aromatic nitrogens is 6. The predicted molar refractivity (Wildman–Crippen MR) is 167 cm³/mol. The van der Waals surface area contributed by atoms with Crippen LogP contribution < -0.4 is 10.9 Å². The monoisotopic (exact) mass is 708 g/mol. The van der Waals surface area contributed by atoms with Crippen LogP contribution in [0, 0.1) is 0 Å². The molecule has 12 nitrogen and oxygen atoms in total. The molecular formula is C24H34B2BrCl3N6O6. The third kappa shape index (κ3) is 13.0. The van der Waals surface area contributed by atoms with Gasteiger partial charge in [0.25, 0.3) is 0 Å². The first-order valence-corrected chi connectivity index (χ1v) is 14.2. The van der Waals surface area contributed by atoms with Crippen LogP contribution in [0.1, 0.15) is 55.4 Å². The zero-order valence-electron chi connectivity index (χ0n) is 24.4. The van der Waals surface area contributed by atoms with E-state index in [2.05, 4.69) is 45.8 Å². The molecule has 230 valence electrons. The van der Waals surface area contributed by atoms with E-state index in [9.17, 15) is 0 Å². The summed E-state index contributed by atoms with van der Waals surface area (Å²) < 4.78 is 12.5. The van der Waals surface area contributed by atoms with E-state index in [-0.39, 0.29) is 32.5 Å². The number of hydrogen-bond acceptors (Lipinski definition) is 12. The van der Waals surface area contributed by atoms with E-state index in [1.807, 2.05) is 27.7 Å². The molecule has 0 aliphatic carbocycles. The lowest BCUT2D eigenvalue weighted by molar-refractivity contribution is -0.107. The van der Waals surface area contributed by atoms with Crippen molar-refractivity contribution in [3.05, 3.63) is 57.5 Å². The summed E-state index contributed by atoms with van der Waals surface area (Å²) in [6, 6.07) is 0. The molecule has 1 aliphatic heterocycles. The van der Waals surface area contributed by atoms with E-state index in [0.717, 1.165) is 9.94 Å². The second kappa shape index (κ2) is 16.0. The van der Waals surface area contributed by atoms with Gasteiger partial charge in [-0.1, -0.05) is 0 Å². The Morgan fingerprint density at radius 2 is 1.00 bits per heavy atom. The summed E-state index contributed by atoms with van der Waals surface area (Å²) in [5.74, 6) is 0. The smallest absolute Gasteiger partial charge is 0.423 e. The molecule has 0 bridgehead atoms. The molecule has 0 aromatic carbocycles. The number of nitrogens with zero attached hydrogens (tertiary/aromatic N) is 6. The molecule has 3 aromatic rings. The fraction of sp³-hybridized carbons (Fsp3) is 0.500. The van der Waals surface area contributed by atoms with Crippen molar-refractivity contribution in [2.45, 2.75) is 77.8 Å². The number of hydrogen-bond donors (Lipinski definition) is 4. The molecule has 0 saturated carbocycles. The van der Waals surface area contributed by atoms with Crippen LogP contribution in [-0.4, -0.2) is 86.8 Å². The standard InChI is InChI=1S/C10H14BClN2O2.C6H14O2.C4H4BClN2O2.C4H2BrClN2/c1-9(2)10(3,4)16-11(15-9)7-5-13-8(12)14-6-7;1-5(2,7)6(3,4)8;6-4-7-1-3(2-8-4)5(9)10;5-3-1-7-4(6)8-2-3/h5-6H,1-4H3;7-8H,1-4H3;1-2,9-10H;1-2H. The normalized spacial score (nSPS) is 15.3. The van der Waals surface area contributed by atoms with Crippen LogP contribution in [-0.2, 0) is 9.31 Å². The molecule has 4 N–H and O–H groups in total. The molecule has 0 unspecified atom stereocenters. The van der Waals surface area contributed by atoms with Gasteiger partial charge in [0.05, 0.1) is 26.9 Å². The summed E-state index contributed by atoms with van der Waals surface area (Å²) in [5.41, 5.74) is -1.71. The molecule has 0 atom stereocenters. The molecule has 1 fully saturated rings. The fourth-order valence-corrected chi connectivity index (χ4v) is 2.67. The van der Waals surface area contributed by atoms with Gasteiger partial charge in [0.2, 0.25) is 15.9 Å². The van der Waals surface area contributed by atoms with Crippen LogP contribution in [0.5, 0.6) is 0 Å². The summed E-state index contributed by atoms with van der Waals surface area (Å²) >= 11 is 19.5. The molecule has 1 saturated heterocycles. The van der Waals surface area contributed by atoms with Crippen molar-refractivity contribution in [3.8, 4) is 0 Å². The molecule has 4 heterocycles. The third-order valence-electron chi connectivity index (χ3n) is 6.19. The van der Waals surface area contributed by atoms with E-state index in [1.54, 1.807) is 52.5 Å². The Morgan fingerprint density at radius 3 is 1.29 bits per heavy atom. The summed E-state index contributed by atoms with van der Waals surface area (Å²) in [7, 11) is -1.96. The molecule has 0 spiro atoms. The van der Waals surface area contributed by atoms with Gasteiger partial charge in [-0.05, 0) is 106 Å². The van der Waals surface area contributed by atoms with Crippen molar-refractivity contribution in [2.75, 3.05) is 0 Å². The van der Waals surface area contributed by atoms with Gasteiger partial charge in [-0.3, -0.25) is 0 Å². The average Bonchev–Trinajstić information content (AvgIpc) is 3.08. The molecule has 3 aromatic heterocycles. The minimum Gasteiger partial charge on any atom is -0.423 e. The Kier molecular flexibility index (Phi) is 14.7. The lowest BCUT2D eigenvalue weighted by atomic mass is 9.81. The van der Waals surface area contributed by atoms with E-state index < -0.39 is 25.4 Å². The van der Waals surface area contributed by atoms with Gasteiger partial charge in [-0.2, -0.15) is 0 Å². The number of halogens is 4. The molecular weight excluding hydrogens is 676 g/mol. The SMILES string of the molecule is CC(C)(O)C(C)(C)O.CC1(C)OB(c2cnc(Cl)nc2)OC1(C)C.Clc1ncc(Br)cn1.OB(O)c1cnc(Cl)nc1. The topological polar surface area (TPSA) is 177 Å². The van der Waals surface area contributed by atoms with Crippen molar-refractivity contribution in [1.29, 1.82) is 0 Å². The lowest BCUT2D eigenvalue weighted by Crippen LogP contribution is -2.44. The Hall–Kier alpha value is -1.52. The highest BCUT2D eigenvalue weighted by atomic mass is 79.9. The average molecular weight is 710 g/mol. The van der Waals surface area contributed by atoms with Crippen LogP contribution in [0.2, 0.25) is 15.9 Å². The van der Waals surface area contributed by atoms with Crippen molar-refractivity contribution in [1.82, 2.24) is 29.9 Å². The second-order valence-electron chi connectivity index (χ2n) is 10.8. The lowest BCUT2D eigenvalue weighted by Gasteiger charge is -2.32. The molecule has 1 aliphatic rings. The first-order valence-electron chi connectivity index (χ1n) is 12.3. The van der Waals surface area contributed by atoms with Crippen molar-refractivity contribution < 1.29 is 29.6 Å². The number of rotatable bonds is 3. The summed E-state index contributed by atoms with van der Waals surface area (Å²) in [4.78, 5) is 22.3. The highest BCUT2D eigenvalue weighted by molar-refractivity contribution is 9.10. The van der Waals surface area contributed by atoms with Crippen molar-refractivity contribution in [3.63, 3.8) is 0 Å². The zero-order chi connectivity index (χ0) is 32.5. The van der Waals surface area contributed by atoms with Gasteiger partial charge in [-0.25, -0.2) is 29.9 Å². The number of aliphatic hydroxyl groups is 2. The van der Waals surface area contributed by atoms with E-state index in [0.29, 0.717) is 0 Å². The highest BCUT2D eigenvalue weighted by Crippen LogP contribution is 2.36.